The molecule has 1 unspecified atom stereocenters. The molecule has 2 N–H and O–H groups in total. The summed E-state index contributed by atoms with van der Waals surface area (Å²) in [5, 5.41) is -1.17. The van der Waals surface area contributed by atoms with Crippen molar-refractivity contribution in [3.05, 3.63) is 54.0 Å². The maximum atomic E-state index is 13.0. The van der Waals surface area contributed by atoms with Crippen molar-refractivity contribution in [2.24, 2.45) is 0 Å². The third kappa shape index (κ3) is 5.15. The Kier molecular flexibility index (Phi) is 6.04. The van der Waals surface area contributed by atoms with Crippen molar-refractivity contribution in [2.75, 3.05) is 6.54 Å². The van der Waals surface area contributed by atoms with E-state index in [9.17, 15) is 16.8 Å². The maximum absolute atomic E-state index is 13.0. The number of aryl methyl sites for hydroxylation is 1. The average molecular weight is 386 g/mol. The van der Waals surface area contributed by atoms with Crippen LogP contribution in [0.4, 0.5) is 0 Å². The van der Waals surface area contributed by atoms with E-state index < -0.39 is 25.3 Å². The van der Waals surface area contributed by atoms with Gasteiger partial charge in [0.1, 0.15) is 11.0 Å². The quantitative estimate of drug-likeness (QED) is 0.721. The molecule has 0 bridgehead atoms. The first-order chi connectivity index (χ1) is 11.6. The minimum atomic E-state index is -3.84. The molecule has 1 heterocycles. The summed E-state index contributed by atoms with van der Waals surface area (Å²) >= 11 is 0. The molecule has 138 valence electrons. The van der Waals surface area contributed by atoms with Crippen LogP contribution in [0.15, 0.2) is 52.0 Å². The van der Waals surface area contributed by atoms with Gasteiger partial charge in [0, 0.05) is 12.6 Å². The summed E-state index contributed by atoms with van der Waals surface area (Å²) in [4.78, 5) is 0.107. The van der Waals surface area contributed by atoms with Crippen molar-refractivity contribution >= 4 is 20.0 Å². The zero-order valence-electron chi connectivity index (χ0n) is 14.3. The molecule has 1 aromatic carbocycles. The van der Waals surface area contributed by atoms with Gasteiger partial charge in [-0.05, 0) is 45.0 Å². The minimum absolute atomic E-state index is 0.107. The van der Waals surface area contributed by atoms with Gasteiger partial charge in [0.15, 0.2) is 9.84 Å². The topological polar surface area (TPSA) is 105 Å². The average Bonchev–Trinajstić information content (AvgIpc) is 3.00. The zero-order valence-corrected chi connectivity index (χ0v) is 15.9. The molecular formula is C16H22N2O5S2. The van der Waals surface area contributed by atoms with Crippen LogP contribution in [0.5, 0.6) is 0 Å². The second-order valence-corrected chi connectivity index (χ2v) is 9.65. The monoisotopic (exact) mass is 386 g/mol. The molecule has 9 heteroatoms. The van der Waals surface area contributed by atoms with E-state index in [0.29, 0.717) is 0 Å². The Morgan fingerprint density at radius 1 is 1.04 bits per heavy atom. The summed E-state index contributed by atoms with van der Waals surface area (Å²) in [5.74, 6) is 0.174. The molecule has 1 aromatic heterocycles. The van der Waals surface area contributed by atoms with Gasteiger partial charge >= 0.3 is 0 Å². The lowest BCUT2D eigenvalue weighted by Gasteiger charge is -2.18. The zero-order chi connectivity index (χ0) is 18.7. The third-order valence-electron chi connectivity index (χ3n) is 3.43. The third-order valence-corrected chi connectivity index (χ3v) is 6.84. The van der Waals surface area contributed by atoms with Gasteiger partial charge in [-0.15, -0.1) is 0 Å². The van der Waals surface area contributed by atoms with Crippen LogP contribution < -0.4 is 9.44 Å². The Balaban J connectivity index is 2.33. The lowest BCUT2D eigenvalue weighted by molar-refractivity contribution is 0.485. The van der Waals surface area contributed by atoms with Gasteiger partial charge in [0.05, 0.1) is 11.2 Å². The highest BCUT2D eigenvalue weighted by atomic mass is 32.2. The molecule has 0 aliphatic rings. The number of hydrogen-bond donors (Lipinski definition) is 2. The second kappa shape index (κ2) is 7.69. The first-order valence-electron chi connectivity index (χ1n) is 7.73. The highest BCUT2D eigenvalue weighted by Crippen LogP contribution is 2.29. The Bertz CT molecular complexity index is 887. The van der Waals surface area contributed by atoms with E-state index in [1.807, 2.05) is 6.92 Å². The number of rotatable bonds is 8. The van der Waals surface area contributed by atoms with Crippen molar-refractivity contribution in [3.63, 3.8) is 0 Å². The fourth-order valence-corrected chi connectivity index (χ4v) is 5.05. The molecule has 0 spiro atoms. The van der Waals surface area contributed by atoms with Gasteiger partial charge in [-0.3, -0.25) is 0 Å². The fourth-order valence-electron chi connectivity index (χ4n) is 2.27. The van der Waals surface area contributed by atoms with Crippen LogP contribution in [-0.2, 0) is 20.0 Å². The van der Waals surface area contributed by atoms with Gasteiger partial charge in [-0.25, -0.2) is 13.1 Å². The lowest BCUT2D eigenvalue weighted by atomic mass is 10.2. The van der Waals surface area contributed by atoms with Crippen LogP contribution in [0.25, 0.3) is 0 Å². The predicted molar refractivity (Wildman–Crippen MR) is 95.0 cm³/mol. The molecule has 0 amide bonds. The van der Waals surface area contributed by atoms with Gasteiger partial charge in [-0.1, -0.05) is 17.7 Å². The molecule has 7 nitrogen and oxygen atoms in total. The summed E-state index contributed by atoms with van der Waals surface area (Å²) in [6.07, 6.45) is 1.36. The minimum Gasteiger partial charge on any atom is -0.468 e. The standard InChI is InChI=1S/C16H22N2O5S2/c1-12(2)18-25(21,22)17-11-16(15-5-4-10-23-15)24(19,20)14-8-6-13(3)7-9-14/h4-10,12,16-18H,11H2,1-3H3. The van der Waals surface area contributed by atoms with Crippen LogP contribution in [0.3, 0.4) is 0 Å². The molecule has 0 radical (unpaired) electrons. The molecule has 1 atom stereocenters. The predicted octanol–water partition coefficient (Wildman–Crippen LogP) is 1.94. The summed E-state index contributed by atoms with van der Waals surface area (Å²) in [7, 11) is -7.66. The van der Waals surface area contributed by atoms with Crippen LogP contribution in [0.1, 0.15) is 30.4 Å². The van der Waals surface area contributed by atoms with Crippen LogP contribution >= 0.6 is 0 Å². The van der Waals surface area contributed by atoms with E-state index in [1.165, 1.54) is 24.5 Å². The van der Waals surface area contributed by atoms with Gasteiger partial charge < -0.3 is 4.42 Å². The van der Waals surface area contributed by atoms with Crippen molar-refractivity contribution in [2.45, 2.75) is 37.0 Å². The van der Waals surface area contributed by atoms with Gasteiger partial charge in [-0.2, -0.15) is 13.1 Å². The highest BCUT2D eigenvalue weighted by Gasteiger charge is 2.32. The number of nitrogens with one attached hydrogen (secondary N) is 2. The normalized spacial score (nSPS) is 13.9. The molecule has 25 heavy (non-hydrogen) atoms. The number of sulfone groups is 1. The Hall–Kier alpha value is -1.68. The van der Waals surface area contributed by atoms with Crippen molar-refractivity contribution in [1.82, 2.24) is 9.44 Å². The van der Waals surface area contributed by atoms with Gasteiger partial charge in [0.25, 0.3) is 10.2 Å². The van der Waals surface area contributed by atoms with E-state index in [0.717, 1.165) is 5.56 Å². The molecule has 0 fully saturated rings. The largest absolute Gasteiger partial charge is 0.468 e. The smallest absolute Gasteiger partial charge is 0.277 e. The fraction of sp³-hybridized carbons (Fsp3) is 0.375. The highest BCUT2D eigenvalue weighted by molar-refractivity contribution is 7.92. The van der Waals surface area contributed by atoms with Crippen molar-refractivity contribution < 1.29 is 21.3 Å². The Morgan fingerprint density at radius 3 is 2.20 bits per heavy atom. The van der Waals surface area contributed by atoms with Crippen molar-refractivity contribution in [3.8, 4) is 0 Å². The van der Waals surface area contributed by atoms with E-state index in [2.05, 4.69) is 9.44 Å². The summed E-state index contributed by atoms with van der Waals surface area (Å²) in [6, 6.07) is 9.15. The number of benzene rings is 1. The van der Waals surface area contributed by atoms with E-state index in [-0.39, 0.29) is 23.2 Å². The molecule has 0 aliphatic heterocycles. The summed E-state index contributed by atoms with van der Waals surface area (Å²) in [6.45, 7) is 4.86. The SMILES string of the molecule is Cc1ccc(S(=O)(=O)C(CNS(=O)(=O)NC(C)C)c2ccco2)cc1. The second-order valence-electron chi connectivity index (χ2n) is 5.99. The summed E-state index contributed by atoms with van der Waals surface area (Å²) in [5.41, 5.74) is 0.926. The van der Waals surface area contributed by atoms with Crippen LogP contribution in [0, 0.1) is 6.92 Å². The van der Waals surface area contributed by atoms with Crippen LogP contribution in [-0.4, -0.2) is 29.4 Å². The van der Waals surface area contributed by atoms with E-state index in [1.54, 1.807) is 32.0 Å². The Morgan fingerprint density at radius 2 is 1.68 bits per heavy atom. The van der Waals surface area contributed by atoms with Crippen LogP contribution in [0.2, 0.25) is 0 Å². The molecule has 2 rings (SSSR count). The lowest BCUT2D eigenvalue weighted by Crippen LogP contribution is -2.42. The number of hydrogen-bond acceptors (Lipinski definition) is 5. The molecule has 0 aliphatic carbocycles. The molecule has 2 aromatic rings. The molecule has 0 saturated carbocycles. The molecule has 0 saturated heterocycles. The van der Waals surface area contributed by atoms with E-state index in [4.69, 9.17) is 4.42 Å². The maximum Gasteiger partial charge on any atom is 0.277 e. The number of furan rings is 1. The van der Waals surface area contributed by atoms with Gasteiger partial charge in [0.2, 0.25) is 0 Å². The first kappa shape index (κ1) is 19.6. The first-order valence-corrected chi connectivity index (χ1v) is 10.8. The molecular weight excluding hydrogens is 364 g/mol. The Labute approximate surface area is 148 Å². The van der Waals surface area contributed by atoms with E-state index >= 15 is 0 Å². The summed E-state index contributed by atoms with van der Waals surface area (Å²) < 4.78 is 59.8. The van der Waals surface area contributed by atoms with Crippen molar-refractivity contribution in [1.29, 1.82) is 0 Å².